The third-order valence-corrected chi connectivity index (χ3v) is 0.730. The van der Waals surface area contributed by atoms with Crippen molar-refractivity contribution in [2.75, 3.05) is 13.7 Å². The van der Waals surface area contributed by atoms with Crippen LogP contribution in [0.3, 0.4) is 0 Å². The van der Waals surface area contributed by atoms with Crippen LogP contribution in [0.5, 0.6) is 0 Å². The minimum atomic E-state index is -0.292. The largest absolute Gasteiger partial charge is 0.338 e. The van der Waals surface area contributed by atoms with Crippen LogP contribution in [0.1, 0.15) is 13.3 Å². The number of carbonyl (C=O) groups is 1. The van der Waals surface area contributed by atoms with E-state index < -0.39 is 0 Å². The van der Waals surface area contributed by atoms with Crippen LogP contribution in [0.15, 0.2) is 0 Å². The van der Waals surface area contributed by atoms with Gasteiger partial charge < -0.3 is 5.32 Å². The van der Waals surface area contributed by atoms with Gasteiger partial charge in [-0.1, -0.05) is 6.92 Å². The summed E-state index contributed by atoms with van der Waals surface area (Å²) in [6.07, 6.45) is 0.928. The predicted octanol–water partition coefficient (Wildman–Crippen LogP) is 0.257. The molecule has 0 saturated heterocycles. The van der Waals surface area contributed by atoms with Crippen LogP contribution in [-0.4, -0.2) is 19.7 Å². The molecule has 0 aromatic rings. The van der Waals surface area contributed by atoms with Crippen LogP contribution >= 0.6 is 0 Å². The van der Waals surface area contributed by atoms with Crippen LogP contribution in [0.2, 0.25) is 0 Å². The summed E-state index contributed by atoms with van der Waals surface area (Å²) in [7, 11) is 1.39. The Labute approximate surface area is 54.5 Å². The molecule has 54 valence electrons. The van der Waals surface area contributed by atoms with Gasteiger partial charge in [0.05, 0.1) is 7.11 Å². The van der Waals surface area contributed by atoms with Crippen molar-refractivity contribution in [3.8, 4) is 0 Å². The zero-order valence-corrected chi connectivity index (χ0v) is 5.73. The van der Waals surface area contributed by atoms with Gasteiger partial charge in [0.25, 0.3) is 0 Å². The molecule has 0 atom stereocenters. The van der Waals surface area contributed by atoms with Gasteiger partial charge in [0.2, 0.25) is 0 Å². The zero-order chi connectivity index (χ0) is 7.11. The molecule has 0 aliphatic carbocycles. The van der Waals surface area contributed by atoms with Gasteiger partial charge in [-0.25, -0.2) is 10.3 Å². The summed E-state index contributed by atoms with van der Waals surface area (Å²) >= 11 is 0. The van der Waals surface area contributed by atoms with Crippen molar-refractivity contribution in [2.24, 2.45) is 0 Å². The van der Waals surface area contributed by atoms with Crippen LogP contribution < -0.4 is 10.8 Å². The van der Waals surface area contributed by atoms with Crippen LogP contribution in [0.25, 0.3) is 0 Å². The summed E-state index contributed by atoms with van der Waals surface area (Å²) in [5.74, 6) is 0. The quantitative estimate of drug-likeness (QED) is 0.541. The molecule has 2 N–H and O–H groups in total. The normalized spacial score (nSPS) is 8.67. The minimum Gasteiger partial charge on any atom is -0.336 e. The maximum absolute atomic E-state index is 10.5. The summed E-state index contributed by atoms with van der Waals surface area (Å²) in [6.45, 7) is 2.66. The van der Waals surface area contributed by atoms with E-state index >= 15 is 0 Å². The monoisotopic (exact) mass is 132 g/mol. The zero-order valence-electron chi connectivity index (χ0n) is 5.73. The van der Waals surface area contributed by atoms with Crippen molar-refractivity contribution in [1.29, 1.82) is 0 Å². The molecule has 0 aromatic carbocycles. The Balaban J connectivity index is 3.06. The van der Waals surface area contributed by atoms with Gasteiger partial charge in [0.1, 0.15) is 0 Å². The van der Waals surface area contributed by atoms with E-state index in [1.165, 1.54) is 7.11 Å². The van der Waals surface area contributed by atoms with Gasteiger partial charge in [-0.15, -0.1) is 0 Å². The molecule has 9 heavy (non-hydrogen) atoms. The van der Waals surface area contributed by atoms with Gasteiger partial charge in [0, 0.05) is 6.54 Å². The van der Waals surface area contributed by atoms with Gasteiger partial charge in [0.15, 0.2) is 0 Å². The molecular weight excluding hydrogens is 120 g/mol. The maximum Gasteiger partial charge on any atom is 0.338 e. The molecule has 0 aromatic heterocycles. The molecule has 0 aliphatic heterocycles. The Hall–Kier alpha value is -0.770. The van der Waals surface area contributed by atoms with Crippen molar-refractivity contribution < 1.29 is 9.63 Å². The van der Waals surface area contributed by atoms with Crippen molar-refractivity contribution in [3.05, 3.63) is 0 Å². The first kappa shape index (κ1) is 8.23. The van der Waals surface area contributed by atoms with Crippen molar-refractivity contribution in [1.82, 2.24) is 10.8 Å². The van der Waals surface area contributed by atoms with E-state index in [0.29, 0.717) is 6.54 Å². The Kier molecular flexibility index (Phi) is 4.91. The standard InChI is InChI=1S/C5H12N2O2/c1-3-4-6-5(8)7-9-2/h3-4H2,1-2H3,(H2,6,7,8). The number of nitrogens with one attached hydrogen (secondary N) is 2. The molecule has 0 radical (unpaired) electrons. The highest BCUT2D eigenvalue weighted by Crippen LogP contribution is 1.69. The molecule has 0 fully saturated rings. The van der Waals surface area contributed by atoms with E-state index in [1.54, 1.807) is 0 Å². The number of urea groups is 1. The molecule has 0 rings (SSSR count). The molecule has 0 bridgehead atoms. The first-order valence-corrected chi connectivity index (χ1v) is 2.88. The highest BCUT2D eigenvalue weighted by molar-refractivity contribution is 5.72. The highest BCUT2D eigenvalue weighted by Gasteiger charge is 1.92. The molecule has 4 nitrogen and oxygen atoms in total. The first-order chi connectivity index (χ1) is 4.31. The molecule has 4 heteroatoms. The summed E-state index contributed by atoms with van der Waals surface area (Å²) in [6, 6.07) is -0.292. The highest BCUT2D eigenvalue weighted by atomic mass is 16.6. The lowest BCUT2D eigenvalue weighted by Gasteiger charge is -2.01. The summed E-state index contributed by atoms with van der Waals surface area (Å²) in [4.78, 5) is 14.8. The molecule has 0 heterocycles. The second kappa shape index (κ2) is 5.37. The second-order valence-corrected chi connectivity index (χ2v) is 1.56. The SMILES string of the molecule is CCCNC(=O)NOC. The first-order valence-electron chi connectivity index (χ1n) is 2.88. The Morgan fingerprint density at radius 3 is 2.78 bits per heavy atom. The van der Waals surface area contributed by atoms with Crippen LogP contribution in [0, 0.1) is 0 Å². The van der Waals surface area contributed by atoms with E-state index in [0.717, 1.165) is 6.42 Å². The van der Waals surface area contributed by atoms with Crippen molar-refractivity contribution >= 4 is 6.03 Å². The van der Waals surface area contributed by atoms with E-state index in [4.69, 9.17) is 0 Å². The van der Waals surface area contributed by atoms with Crippen molar-refractivity contribution in [3.63, 3.8) is 0 Å². The lowest BCUT2D eigenvalue weighted by Crippen LogP contribution is -2.34. The molecular formula is C5H12N2O2. The number of hydrogen-bond acceptors (Lipinski definition) is 2. The number of hydrogen-bond donors (Lipinski definition) is 2. The Morgan fingerprint density at radius 2 is 2.33 bits per heavy atom. The van der Waals surface area contributed by atoms with Crippen LogP contribution in [0.4, 0.5) is 4.79 Å². The van der Waals surface area contributed by atoms with E-state index in [-0.39, 0.29) is 6.03 Å². The third-order valence-electron chi connectivity index (χ3n) is 0.730. The molecule has 0 spiro atoms. The Bertz CT molecular complexity index is 85.0. The number of rotatable bonds is 3. The average Bonchev–Trinajstić information content (AvgIpc) is 1.85. The Morgan fingerprint density at radius 1 is 1.67 bits per heavy atom. The number of carbonyl (C=O) groups excluding carboxylic acids is 1. The summed E-state index contributed by atoms with van der Waals surface area (Å²) in [5.41, 5.74) is 2.13. The topological polar surface area (TPSA) is 50.4 Å². The van der Waals surface area contributed by atoms with Gasteiger partial charge in [-0.2, -0.15) is 0 Å². The summed E-state index contributed by atoms with van der Waals surface area (Å²) in [5, 5.41) is 2.56. The van der Waals surface area contributed by atoms with Crippen LogP contribution in [-0.2, 0) is 4.84 Å². The lowest BCUT2D eigenvalue weighted by molar-refractivity contribution is 0.107. The second-order valence-electron chi connectivity index (χ2n) is 1.56. The van der Waals surface area contributed by atoms with E-state index in [1.807, 2.05) is 6.92 Å². The molecule has 0 aliphatic rings. The van der Waals surface area contributed by atoms with E-state index in [9.17, 15) is 4.79 Å². The van der Waals surface area contributed by atoms with E-state index in [2.05, 4.69) is 15.6 Å². The maximum atomic E-state index is 10.5. The fourth-order valence-corrected chi connectivity index (χ4v) is 0.367. The van der Waals surface area contributed by atoms with Gasteiger partial charge in [-0.05, 0) is 6.42 Å². The summed E-state index contributed by atoms with van der Waals surface area (Å²) < 4.78 is 0. The predicted molar refractivity (Wildman–Crippen MR) is 33.8 cm³/mol. The smallest absolute Gasteiger partial charge is 0.336 e. The van der Waals surface area contributed by atoms with Gasteiger partial charge >= 0.3 is 6.03 Å². The third kappa shape index (κ3) is 5.10. The molecule has 0 saturated carbocycles. The molecule has 0 unspecified atom stereocenters. The van der Waals surface area contributed by atoms with Gasteiger partial charge in [-0.3, -0.25) is 4.84 Å². The average molecular weight is 132 g/mol. The number of hydroxylamine groups is 1. The number of amides is 2. The fraction of sp³-hybridized carbons (Fsp3) is 0.800. The minimum absolute atomic E-state index is 0.292. The lowest BCUT2D eigenvalue weighted by atomic mass is 10.5. The molecule has 2 amide bonds. The van der Waals surface area contributed by atoms with Crippen molar-refractivity contribution in [2.45, 2.75) is 13.3 Å². The fourth-order valence-electron chi connectivity index (χ4n) is 0.367.